The molecule has 1 atom stereocenters. The average Bonchev–Trinajstić information content (AvgIpc) is 3.01. The van der Waals surface area contributed by atoms with Crippen LogP contribution in [0, 0.1) is 6.92 Å². The van der Waals surface area contributed by atoms with E-state index in [9.17, 15) is 9.59 Å². The Hall–Kier alpha value is -2.47. The molecule has 0 saturated carbocycles. The summed E-state index contributed by atoms with van der Waals surface area (Å²) in [6, 6.07) is 11.8. The van der Waals surface area contributed by atoms with E-state index < -0.39 is 0 Å². The van der Waals surface area contributed by atoms with Crippen molar-refractivity contribution in [2.45, 2.75) is 25.8 Å². The third-order valence-corrected chi connectivity index (χ3v) is 4.29. The Morgan fingerprint density at radius 2 is 2.17 bits per heavy atom. The molecule has 1 amide bonds. The summed E-state index contributed by atoms with van der Waals surface area (Å²) < 4.78 is 0. The maximum absolute atomic E-state index is 12.1. The Labute approximate surface area is 140 Å². The molecule has 0 aliphatic carbocycles. The van der Waals surface area contributed by atoms with Gasteiger partial charge >= 0.3 is 0 Å². The minimum atomic E-state index is -0.197. The van der Waals surface area contributed by atoms with Crippen LogP contribution in [0.2, 0.25) is 0 Å². The van der Waals surface area contributed by atoms with Crippen molar-refractivity contribution in [3.63, 3.8) is 0 Å². The third-order valence-electron chi connectivity index (χ3n) is 4.29. The van der Waals surface area contributed by atoms with E-state index in [1.165, 1.54) is 11.6 Å². The van der Waals surface area contributed by atoms with Crippen LogP contribution in [0.25, 0.3) is 0 Å². The predicted octanol–water partition coefficient (Wildman–Crippen LogP) is 1.18. The molecule has 1 aliphatic rings. The number of carbonyl (C=O) groups is 1. The van der Waals surface area contributed by atoms with Crippen molar-refractivity contribution in [2.75, 3.05) is 19.6 Å². The molecule has 6 nitrogen and oxygen atoms in total. The van der Waals surface area contributed by atoms with E-state index in [4.69, 9.17) is 0 Å². The van der Waals surface area contributed by atoms with Gasteiger partial charge in [-0.25, -0.2) is 4.98 Å². The van der Waals surface area contributed by atoms with Gasteiger partial charge in [-0.2, -0.15) is 0 Å². The van der Waals surface area contributed by atoms with Crippen LogP contribution in [0.1, 0.15) is 29.4 Å². The van der Waals surface area contributed by atoms with Crippen LogP contribution in [0.4, 0.5) is 0 Å². The zero-order valence-electron chi connectivity index (χ0n) is 13.8. The highest BCUT2D eigenvalue weighted by Crippen LogP contribution is 2.26. The van der Waals surface area contributed by atoms with Crippen molar-refractivity contribution in [2.24, 2.45) is 0 Å². The van der Waals surface area contributed by atoms with Crippen molar-refractivity contribution >= 4 is 5.91 Å². The van der Waals surface area contributed by atoms with Crippen molar-refractivity contribution in [1.29, 1.82) is 0 Å². The lowest BCUT2D eigenvalue weighted by atomic mass is 9.99. The third kappa shape index (κ3) is 4.29. The van der Waals surface area contributed by atoms with Crippen LogP contribution >= 0.6 is 0 Å². The first-order valence-electron chi connectivity index (χ1n) is 8.21. The van der Waals surface area contributed by atoms with E-state index in [1.807, 2.05) is 6.07 Å². The Bertz CT molecular complexity index is 757. The highest BCUT2D eigenvalue weighted by atomic mass is 16.2. The first-order valence-corrected chi connectivity index (χ1v) is 8.21. The number of rotatable bonds is 5. The number of carbonyl (C=O) groups excluding carboxylic acids is 1. The predicted molar refractivity (Wildman–Crippen MR) is 91.7 cm³/mol. The van der Waals surface area contributed by atoms with Crippen molar-refractivity contribution in [1.82, 2.24) is 20.2 Å². The zero-order chi connectivity index (χ0) is 16.9. The number of benzene rings is 1. The summed E-state index contributed by atoms with van der Waals surface area (Å²) >= 11 is 0. The van der Waals surface area contributed by atoms with Gasteiger partial charge in [0.25, 0.3) is 5.56 Å². The Morgan fingerprint density at radius 1 is 1.38 bits per heavy atom. The second kappa shape index (κ2) is 7.40. The monoisotopic (exact) mass is 326 g/mol. The van der Waals surface area contributed by atoms with Gasteiger partial charge in [0.2, 0.25) is 5.91 Å². The minimum absolute atomic E-state index is 0.0385. The Morgan fingerprint density at radius 3 is 2.92 bits per heavy atom. The summed E-state index contributed by atoms with van der Waals surface area (Å²) in [5, 5.41) is 2.84. The molecule has 1 saturated heterocycles. The highest BCUT2D eigenvalue weighted by Gasteiger charge is 2.24. The van der Waals surface area contributed by atoms with Crippen LogP contribution in [0.3, 0.4) is 0 Å². The zero-order valence-corrected chi connectivity index (χ0v) is 13.8. The molecular weight excluding hydrogens is 304 g/mol. The van der Waals surface area contributed by atoms with E-state index in [0.717, 1.165) is 19.5 Å². The Kier molecular flexibility index (Phi) is 5.05. The smallest absolute Gasteiger partial charge is 0.251 e. The number of aromatic amines is 1. The first-order chi connectivity index (χ1) is 11.6. The van der Waals surface area contributed by atoms with Gasteiger partial charge in [-0.3, -0.25) is 14.5 Å². The summed E-state index contributed by atoms with van der Waals surface area (Å²) in [7, 11) is 0. The molecule has 2 aromatic rings. The van der Waals surface area contributed by atoms with Crippen molar-refractivity contribution in [3.05, 3.63) is 63.8 Å². The van der Waals surface area contributed by atoms with Crippen molar-refractivity contribution < 1.29 is 4.79 Å². The molecule has 0 spiro atoms. The quantitative estimate of drug-likeness (QED) is 0.865. The van der Waals surface area contributed by atoms with E-state index in [1.54, 1.807) is 6.92 Å². The van der Waals surface area contributed by atoms with Gasteiger partial charge < -0.3 is 10.3 Å². The van der Waals surface area contributed by atoms with Gasteiger partial charge in [0.1, 0.15) is 5.82 Å². The molecule has 1 aromatic heterocycles. The van der Waals surface area contributed by atoms with E-state index in [0.29, 0.717) is 24.0 Å². The molecule has 126 valence electrons. The first kappa shape index (κ1) is 16.4. The fourth-order valence-corrected chi connectivity index (χ4v) is 3.15. The lowest BCUT2D eigenvalue weighted by Gasteiger charge is -2.16. The second-order valence-corrected chi connectivity index (χ2v) is 6.23. The number of nitrogens with one attached hydrogen (secondary N) is 2. The number of nitrogens with zero attached hydrogens (tertiary/aromatic N) is 2. The second-order valence-electron chi connectivity index (χ2n) is 6.23. The number of aromatic nitrogens is 2. The van der Waals surface area contributed by atoms with Crippen LogP contribution in [-0.2, 0) is 11.3 Å². The lowest BCUT2D eigenvalue weighted by Crippen LogP contribution is -2.36. The largest absolute Gasteiger partial charge is 0.349 e. The number of aryl methyl sites for hydroxylation is 1. The summed E-state index contributed by atoms with van der Waals surface area (Å²) in [5.41, 5.74) is 1.72. The SMILES string of the molecule is Cc1nc(CNC(=O)CN2CC[C@H](c3ccccc3)C2)cc(=O)[nH]1. The Balaban J connectivity index is 1.48. The average molecular weight is 326 g/mol. The van der Waals surface area contributed by atoms with E-state index in [2.05, 4.69) is 44.5 Å². The van der Waals surface area contributed by atoms with Crippen LogP contribution in [-0.4, -0.2) is 40.4 Å². The molecule has 1 aromatic carbocycles. The highest BCUT2D eigenvalue weighted by molar-refractivity contribution is 5.78. The number of hydrogen-bond acceptors (Lipinski definition) is 4. The fourth-order valence-electron chi connectivity index (χ4n) is 3.15. The summed E-state index contributed by atoms with van der Waals surface area (Å²) in [4.78, 5) is 32.5. The molecule has 1 fully saturated rings. The van der Waals surface area contributed by atoms with E-state index in [-0.39, 0.29) is 18.0 Å². The van der Waals surface area contributed by atoms with Gasteiger partial charge in [-0.1, -0.05) is 30.3 Å². The fraction of sp³-hybridized carbons (Fsp3) is 0.389. The minimum Gasteiger partial charge on any atom is -0.349 e. The topological polar surface area (TPSA) is 78.1 Å². The lowest BCUT2D eigenvalue weighted by molar-refractivity contribution is -0.122. The van der Waals surface area contributed by atoms with E-state index >= 15 is 0 Å². The van der Waals surface area contributed by atoms with Crippen LogP contribution in [0.15, 0.2) is 41.2 Å². The summed E-state index contributed by atoms with van der Waals surface area (Å²) in [5.74, 6) is 1.01. The molecule has 0 radical (unpaired) electrons. The molecule has 0 bridgehead atoms. The molecule has 0 unspecified atom stereocenters. The molecule has 1 aliphatic heterocycles. The number of hydrogen-bond donors (Lipinski definition) is 2. The maximum atomic E-state index is 12.1. The van der Waals surface area contributed by atoms with Crippen molar-refractivity contribution in [3.8, 4) is 0 Å². The molecular formula is C18H22N4O2. The molecule has 3 rings (SSSR count). The van der Waals surface area contributed by atoms with Gasteiger partial charge in [-0.05, 0) is 31.4 Å². The molecule has 6 heteroatoms. The summed E-state index contributed by atoms with van der Waals surface area (Å²) in [6.45, 7) is 4.21. The molecule has 2 N–H and O–H groups in total. The van der Waals surface area contributed by atoms with Crippen LogP contribution in [0.5, 0.6) is 0 Å². The molecule has 24 heavy (non-hydrogen) atoms. The van der Waals surface area contributed by atoms with Gasteiger partial charge in [0.15, 0.2) is 0 Å². The van der Waals surface area contributed by atoms with Gasteiger partial charge in [0.05, 0.1) is 18.8 Å². The maximum Gasteiger partial charge on any atom is 0.251 e. The number of likely N-dealkylation sites (tertiary alicyclic amines) is 1. The van der Waals surface area contributed by atoms with Gasteiger partial charge in [-0.15, -0.1) is 0 Å². The number of amides is 1. The van der Waals surface area contributed by atoms with Gasteiger partial charge in [0, 0.05) is 12.6 Å². The number of H-pyrrole nitrogens is 1. The standard InChI is InChI=1S/C18H22N4O2/c1-13-20-16(9-17(23)21-13)10-19-18(24)12-22-8-7-15(11-22)14-5-3-2-4-6-14/h2-6,9,15H,7-8,10-12H2,1H3,(H,19,24)(H,20,21,23)/t15-/m0/s1. The molecule has 2 heterocycles. The summed E-state index contributed by atoms with van der Waals surface area (Å²) in [6.07, 6.45) is 1.08. The van der Waals surface area contributed by atoms with Crippen LogP contribution < -0.4 is 10.9 Å². The normalized spacial score (nSPS) is 17.8.